The molecule has 174 valence electrons. The van der Waals surface area contributed by atoms with Gasteiger partial charge < -0.3 is 15.0 Å². The van der Waals surface area contributed by atoms with Crippen molar-refractivity contribution >= 4 is 55.5 Å². The van der Waals surface area contributed by atoms with Crippen LogP contribution in [0.2, 0.25) is 5.02 Å². The van der Waals surface area contributed by atoms with Crippen LogP contribution in [0.4, 0.5) is 17.1 Å². The fraction of sp³-hybridized carbons (Fsp3) is 0.0455. The third kappa shape index (κ3) is 4.65. The maximum Gasteiger partial charge on any atom is 0.293 e. The number of aromatic nitrogens is 1. The molecule has 0 atom stereocenters. The number of amides is 1. The summed E-state index contributed by atoms with van der Waals surface area (Å²) in [7, 11) is -2.65. The second-order valence-electron chi connectivity index (χ2n) is 7.11. The van der Waals surface area contributed by atoms with Crippen LogP contribution in [0, 0.1) is 10.1 Å². The van der Waals surface area contributed by atoms with Gasteiger partial charge in [0.2, 0.25) is 0 Å². The Hall–Kier alpha value is -4.09. The van der Waals surface area contributed by atoms with E-state index in [1.54, 1.807) is 24.3 Å². The Bertz CT molecular complexity index is 1520. The number of halogens is 1. The molecule has 0 aliphatic rings. The van der Waals surface area contributed by atoms with E-state index < -0.39 is 20.9 Å². The maximum atomic E-state index is 12.7. The summed E-state index contributed by atoms with van der Waals surface area (Å²) in [6.45, 7) is 0. The predicted molar refractivity (Wildman–Crippen MR) is 127 cm³/mol. The van der Waals surface area contributed by atoms with E-state index >= 15 is 0 Å². The Morgan fingerprint density at radius 3 is 2.50 bits per heavy atom. The molecule has 0 spiro atoms. The van der Waals surface area contributed by atoms with Crippen LogP contribution < -0.4 is 14.8 Å². The first-order valence-electron chi connectivity index (χ1n) is 9.72. The Morgan fingerprint density at radius 1 is 1.09 bits per heavy atom. The van der Waals surface area contributed by atoms with Crippen LogP contribution in [0.3, 0.4) is 0 Å². The maximum absolute atomic E-state index is 12.7. The smallest absolute Gasteiger partial charge is 0.293 e. The summed E-state index contributed by atoms with van der Waals surface area (Å²) in [5.41, 5.74) is 0.556. The highest BCUT2D eigenvalue weighted by Gasteiger charge is 2.23. The molecule has 3 N–H and O–H groups in total. The number of H-pyrrole nitrogens is 1. The van der Waals surface area contributed by atoms with Gasteiger partial charge in [-0.3, -0.25) is 14.9 Å². The van der Waals surface area contributed by atoms with Crippen molar-refractivity contribution in [1.29, 1.82) is 0 Å². The number of benzene rings is 3. The molecule has 3 aromatic carbocycles. The zero-order chi connectivity index (χ0) is 24.5. The highest BCUT2D eigenvalue weighted by atomic mass is 35.5. The molecule has 0 fully saturated rings. The van der Waals surface area contributed by atoms with Gasteiger partial charge in [-0.05, 0) is 36.4 Å². The van der Waals surface area contributed by atoms with Crippen molar-refractivity contribution < 1.29 is 22.9 Å². The fourth-order valence-corrected chi connectivity index (χ4v) is 4.54. The molecular formula is C22H17ClN4O6S. The lowest BCUT2D eigenvalue weighted by atomic mass is 10.1. The van der Waals surface area contributed by atoms with Crippen LogP contribution in [-0.4, -0.2) is 31.3 Å². The highest BCUT2D eigenvalue weighted by Crippen LogP contribution is 2.35. The molecule has 0 saturated carbocycles. The van der Waals surface area contributed by atoms with Gasteiger partial charge in [-0.1, -0.05) is 29.8 Å². The fourth-order valence-electron chi connectivity index (χ4n) is 3.33. The Morgan fingerprint density at radius 2 is 1.82 bits per heavy atom. The molecule has 0 radical (unpaired) electrons. The lowest BCUT2D eigenvalue weighted by Crippen LogP contribution is -2.30. The summed E-state index contributed by atoms with van der Waals surface area (Å²) in [6.07, 6.45) is 0. The zero-order valence-electron chi connectivity index (χ0n) is 17.5. The lowest BCUT2D eigenvalue weighted by Gasteiger charge is -2.10. The van der Waals surface area contributed by atoms with Gasteiger partial charge in [-0.25, -0.2) is 13.1 Å². The lowest BCUT2D eigenvalue weighted by molar-refractivity contribution is -0.383. The van der Waals surface area contributed by atoms with Crippen molar-refractivity contribution in [3.05, 3.63) is 87.6 Å². The van der Waals surface area contributed by atoms with Crippen LogP contribution >= 0.6 is 11.6 Å². The first kappa shape index (κ1) is 23.1. The number of nitrogens with one attached hydrogen (secondary N) is 3. The van der Waals surface area contributed by atoms with Crippen molar-refractivity contribution in [2.75, 3.05) is 12.4 Å². The monoisotopic (exact) mass is 500 g/mol. The summed E-state index contributed by atoms with van der Waals surface area (Å²) in [5.74, 6) is -0.474. The van der Waals surface area contributed by atoms with Gasteiger partial charge >= 0.3 is 0 Å². The molecule has 1 heterocycles. The summed E-state index contributed by atoms with van der Waals surface area (Å²) in [4.78, 5) is 26.2. The van der Waals surface area contributed by atoms with Crippen molar-refractivity contribution in [3.8, 4) is 5.75 Å². The van der Waals surface area contributed by atoms with E-state index in [0.29, 0.717) is 27.5 Å². The number of sulfonamides is 1. The van der Waals surface area contributed by atoms with Gasteiger partial charge in [0.05, 0.1) is 16.9 Å². The molecule has 4 rings (SSSR count). The van der Waals surface area contributed by atoms with E-state index in [2.05, 4.69) is 10.3 Å². The molecular weight excluding hydrogens is 484 g/mol. The van der Waals surface area contributed by atoms with Gasteiger partial charge in [0.15, 0.2) is 0 Å². The second-order valence-corrected chi connectivity index (χ2v) is 9.23. The van der Waals surface area contributed by atoms with Gasteiger partial charge in [0.25, 0.3) is 21.6 Å². The number of non-ortho nitro benzene ring substituents is 1. The number of anilines is 2. The number of nitrogens with zero attached hydrogens (tertiary/aromatic N) is 1. The highest BCUT2D eigenvalue weighted by molar-refractivity contribution is 7.90. The van der Waals surface area contributed by atoms with Crippen molar-refractivity contribution in [1.82, 2.24) is 9.71 Å². The minimum Gasteiger partial charge on any atom is -0.497 e. The number of rotatable bonds is 7. The first-order chi connectivity index (χ1) is 16.2. The largest absolute Gasteiger partial charge is 0.497 e. The average molecular weight is 501 g/mol. The molecule has 0 bridgehead atoms. The van der Waals surface area contributed by atoms with Gasteiger partial charge in [0.1, 0.15) is 17.0 Å². The normalized spacial score (nSPS) is 11.2. The molecule has 0 saturated heterocycles. The Kier molecular flexibility index (Phi) is 6.14. The quantitative estimate of drug-likeness (QED) is 0.248. The third-order valence-electron chi connectivity index (χ3n) is 4.88. The number of nitro groups is 1. The zero-order valence-corrected chi connectivity index (χ0v) is 19.1. The van der Waals surface area contributed by atoms with E-state index in [1.165, 1.54) is 49.6 Å². The average Bonchev–Trinajstić information content (AvgIpc) is 3.25. The number of carbonyl (C=O) groups is 1. The number of hydrogen-bond donors (Lipinski definition) is 3. The van der Waals surface area contributed by atoms with Crippen LogP contribution in [0.1, 0.15) is 10.5 Å². The predicted octanol–water partition coefficient (Wildman–Crippen LogP) is 4.60. The van der Waals surface area contributed by atoms with E-state index in [-0.39, 0.29) is 21.8 Å². The SMILES string of the molecule is COc1cc(Cl)cc(Nc2ccc([N+](=O)[O-])c3[nH]c(C(=O)NS(=O)(=O)c4ccccc4)cc23)c1. The molecule has 4 aromatic rings. The summed E-state index contributed by atoms with van der Waals surface area (Å²) < 4.78 is 32.2. The van der Waals surface area contributed by atoms with Crippen molar-refractivity contribution in [3.63, 3.8) is 0 Å². The number of fused-ring (bicyclic) bond motifs is 1. The minimum absolute atomic E-state index is 0.0475. The van der Waals surface area contributed by atoms with E-state index in [9.17, 15) is 23.3 Å². The van der Waals surface area contributed by atoms with E-state index in [1.807, 2.05) is 4.72 Å². The van der Waals surface area contributed by atoms with Crippen LogP contribution in [0.15, 0.2) is 71.6 Å². The molecule has 1 aromatic heterocycles. The molecule has 0 unspecified atom stereocenters. The number of ether oxygens (including phenoxy) is 1. The van der Waals surface area contributed by atoms with Crippen LogP contribution in [0.5, 0.6) is 5.75 Å². The molecule has 12 heteroatoms. The van der Waals surface area contributed by atoms with Crippen LogP contribution in [0.25, 0.3) is 10.9 Å². The molecule has 10 nitrogen and oxygen atoms in total. The van der Waals surface area contributed by atoms with Crippen LogP contribution in [-0.2, 0) is 10.0 Å². The number of aromatic amines is 1. The number of methoxy groups -OCH3 is 1. The van der Waals surface area contributed by atoms with Gasteiger partial charge in [-0.2, -0.15) is 0 Å². The topological polar surface area (TPSA) is 143 Å². The molecule has 34 heavy (non-hydrogen) atoms. The molecule has 0 aliphatic heterocycles. The number of hydrogen-bond acceptors (Lipinski definition) is 7. The van der Waals surface area contributed by atoms with Gasteiger partial charge in [0, 0.05) is 33.9 Å². The molecule has 1 amide bonds. The first-order valence-corrected chi connectivity index (χ1v) is 11.6. The number of carbonyl (C=O) groups excluding carboxylic acids is 1. The Labute approximate surface area is 198 Å². The third-order valence-corrected chi connectivity index (χ3v) is 6.44. The van der Waals surface area contributed by atoms with E-state index in [0.717, 1.165) is 0 Å². The Balaban J connectivity index is 1.74. The number of nitro benzene ring substituents is 1. The summed E-state index contributed by atoms with van der Waals surface area (Å²) in [5, 5.41) is 15.3. The molecule has 0 aliphatic carbocycles. The summed E-state index contributed by atoms with van der Waals surface area (Å²) in [6, 6.07) is 16.4. The summed E-state index contributed by atoms with van der Waals surface area (Å²) >= 11 is 6.11. The standard InChI is InChI=1S/C22H17ClN4O6S/c1-33-15-10-13(23)9-14(11-15)24-18-7-8-20(27(29)30)21-17(18)12-19(25-21)22(28)26-34(31,32)16-5-3-2-4-6-16/h2-12,24-25H,1H3,(H,26,28). The minimum atomic E-state index is -4.14. The van der Waals surface area contributed by atoms with Gasteiger partial charge in [-0.15, -0.1) is 0 Å². The van der Waals surface area contributed by atoms with Crippen molar-refractivity contribution in [2.24, 2.45) is 0 Å². The van der Waals surface area contributed by atoms with E-state index in [4.69, 9.17) is 16.3 Å². The second kappa shape index (κ2) is 9.04. The van der Waals surface area contributed by atoms with Crippen molar-refractivity contribution in [2.45, 2.75) is 4.90 Å².